The van der Waals surface area contributed by atoms with Crippen molar-refractivity contribution in [2.24, 2.45) is 10.9 Å². The van der Waals surface area contributed by atoms with Gasteiger partial charge in [0.25, 0.3) is 8.48 Å². The molecule has 1 fully saturated rings. The molecule has 1 saturated heterocycles. The van der Waals surface area contributed by atoms with Crippen molar-refractivity contribution < 1.29 is 4.43 Å². The maximum absolute atomic E-state index is 6.12. The molecule has 0 amide bonds. The smallest absolute Gasteiger partial charge is 0.268 e. The third kappa shape index (κ3) is 4.82. The number of aliphatic imine (C=N–C) groups is 1. The van der Waals surface area contributed by atoms with E-state index in [4.69, 9.17) is 4.43 Å². The SMILES string of the molecule is CCO[Si]1(C)CCCCN1CC(C)N=CC(C)C. The Morgan fingerprint density at radius 2 is 2.06 bits per heavy atom. The molecule has 106 valence electrons. The Kier molecular flexibility index (Phi) is 6.53. The van der Waals surface area contributed by atoms with E-state index in [9.17, 15) is 0 Å². The molecule has 1 aliphatic heterocycles. The van der Waals surface area contributed by atoms with Crippen LogP contribution in [0.5, 0.6) is 0 Å². The highest BCUT2D eigenvalue weighted by Crippen LogP contribution is 2.26. The lowest BCUT2D eigenvalue weighted by atomic mass is 10.2. The first-order valence-electron chi connectivity index (χ1n) is 7.40. The summed E-state index contributed by atoms with van der Waals surface area (Å²) in [5.41, 5.74) is 0. The first kappa shape index (κ1) is 15.9. The van der Waals surface area contributed by atoms with E-state index in [1.165, 1.54) is 25.4 Å². The summed E-state index contributed by atoms with van der Waals surface area (Å²) in [6.07, 6.45) is 4.73. The summed E-state index contributed by atoms with van der Waals surface area (Å²) in [5, 5.41) is 0. The molecule has 3 nitrogen and oxygen atoms in total. The van der Waals surface area contributed by atoms with E-state index in [2.05, 4.69) is 50.0 Å². The summed E-state index contributed by atoms with van der Waals surface area (Å²) >= 11 is 0. The molecule has 18 heavy (non-hydrogen) atoms. The molecule has 1 heterocycles. The van der Waals surface area contributed by atoms with E-state index in [1.807, 2.05) is 0 Å². The zero-order valence-corrected chi connectivity index (χ0v) is 13.8. The fourth-order valence-corrected chi connectivity index (χ4v) is 6.05. The Labute approximate surface area is 114 Å². The van der Waals surface area contributed by atoms with Crippen LogP contribution in [0.15, 0.2) is 4.99 Å². The van der Waals surface area contributed by atoms with E-state index in [0.29, 0.717) is 12.0 Å². The normalized spacial score (nSPS) is 28.1. The topological polar surface area (TPSA) is 24.8 Å². The Balaban J connectivity index is 2.56. The standard InChI is InChI=1S/C14H30N2OSi/c1-6-17-18(5)10-8-7-9-16(18)12-14(4)15-11-13(2)3/h11,13-14H,6-10,12H2,1-5H3. The highest BCUT2D eigenvalue weighted by molar-refractivity contribution is 6.69. The van der Waals surface area contributed by atoms with E-state index in [-0.39, 0.29) is 0 Å². The largest absolute Gasteiger partial charge is 0.403 e. The van der Waals surface area contributed by atoms with Crippen molar-refractivity contribution in [3.63, 3.8) is 0 Å². The van der Waals surface area contributed by atoms with Gasteiger partial charge in [-0.25, -0.2) is 0 Å². The Hall–Kier alpha value is -0.193. The van der Waals surface area contributed by atoms with Crippen LogP contribution < -0.4 is 0 Å². The lowest BCUT2D eigenvalue weighted by molar-refractivity contribution is 0.227. The fourth-order valence-electron chi connectivity index (χ4n) is 2.59. The molecule has 1 aliphatic rings. The molecule has 0 bridgehead atoms. The number of rotatable bonds is 6. The van der Waals surface area contributed by atoms with Crippen molar-refractivity contribution in [1.82, 2.24) is 4.57 Å². The van der Waals surface area contributed by atoms with Crippen LogP contribution in [0.25, 0.3) is 0 Å². The highest BCUT2D eigenvalue weighted by atomic mass is 28.4. The predicted octanol–water partition coefficient (Wildman–Crippen LogP) is 3.31. The second-order valence-corrected chi connectivity index (χ2v) is 9.67. The maximum Gasteiger partial charge on any atom is 0.268 e. The van der Waals surface area contributed by atoms with Crippen LogP contribution in [0.2, 0.25) is 12.6 Å². The van der Waals surface area contributed by atoms with Gasteiger partial charge in [-0.2, -0.15) is 0 Å². The van der Waals surface area contributed by atoms with E-state index in [0.717, 1.165) is 13.2 Å². The summed E-state index contributed by atoms with van der Waals surface area (Å²) in [4.78, 5) is 4.64. The first-order chi connectivity index (χ1) is 8.48. The average molecular weight is 270 g/mol. The average Bonchev–Trinajstić information content (AvgIpc) is 2.30. The van der Waals surface area contributed by atoms with Crippen LogP contribution in [0, 0.1) is 5.92 Å². The molecule has 2 atom stereocenters. The molecule has 0 spiro atoms. The van der Waals surface area contributed by atoms with Crippen molar-refractivity contribution >= 4 is 14.7 Å². The molecular weight excluding hydrogens is 240 g/mol. The van der Waals surface area contributed by atoms with Gasteiger partial charge in [-0.3, -0.25) is 4.99 Å². The van der Waals surface area contributed by atoms with Crippen LogP contribution in [-0.4, -0.2) is 45.0 Å². The summed E-state index contributed by atoms with van der Waals surface area (Å²) in [6, 6.07) is 1.67. The molecule has 0 N–H and O–H groups in total. The van der Waals surface area contributed by atoms with Crippen LogP contribution in [0.1, 0.15) is 40.5 Å². The van der Waals surface area contributed by atoms with Crippen molar-refractivity contribution in [3.05, 3.63) is 0 Å². The van der Waals surface area contributed by atoms with Gasteiger partial charge in [0.1, 0.15) is 0 Å². The summed E-state index contributed by atoms with van der Waals surface area (Å²) in [7, 11) is -1.63. The third-order valence-corrected chi connectivity index (χ3v) is 7.50. The molecule has 2 unspecified atom stereocenters. The fraction of sp³-hybridized carbons (Fsp3) is 0.929. The van der Waals surface area contributed by atoms with Crippen LogP contribution >= 0.6 is 0 Å². The Bertz CT molecular complexity index is 267. The number of hydrogen-bond acceptors (Lipinski definition) is 3. The van der Waals surface area contributed by atoms with Crippen LogP contribution in [0.4, 0.5) is 0 Å². The molecule has 0 aromatic rings. The molecule has 0 aromatic heterocycles. The van der Waals surface area contributed by atoms with E-state index >= 15 is 0 Å². The number of hydrogen-bond donors (Lipinski definition) is 0. The second-order valence-electron chi connectivity index (χ2n) is 5.90. The summed E-state index contributed by atoms with van der Waals surface area (Å²) < 4.78 is 8.74. The van der Waals surface area contributed by atoms with Gasteiger partial charge in [0.15, 0.2) is 0 Å². The van der Waals surface area contributed by atoms with Crippen molar-refractivity contribution in [1.29, 1.82) is 0 Å². The quantitative estimate of drug-likeness (QED) is 0.546. The van der Waals surface area contributed by atoms with Crippen molar-refractivity contribution in [3.8, 4) is 0 Å². The predicted molar refractivity (Wildman–Crippen MR) is 81.7 cm³/mol. The van der Waals surface area contributed by atoms with Gasteiger partial charge in [0.2, 0.25) is 0 Å². The zero-order valence-electron chi connectivity index (χ0n) is 12.8. The van der Waals surface area contributed by atoms with E-state index < -0.39 is 8.48 Å². The minimum Gasteiger partial charge on any atom is -0.403 e. The molecule has 0 aliphatic carbocycles. The van der Waals surface area contributed by atoms with Gasteiger partial charge in [-0.1, -0.05) is 20.3 Å². The molecule has 0 aromatic carbocycles. The van der Waals surface area contributed by atoms with Gasteiger partial charge in [0.05, 0.1) is 6.04 Å². The number of nitrogens with zero attached hydrogens (tertiary/aromatic N) is 2. The van der Waals surface area contributed by atoms with Crippen LogP contribution in [0.3, 0.4) is 0 Å². The van der Waals surface area contributed by atoms with Crippen molar-refractivity contribution in [2.45, 2.75) is 59.2 Å². The molecule has 0 radical (unpaired) electrons. The Morgan fingerprint density at radius 3 is 2.67 bits per heavy atom. The zero-order chi connectivity index (χ0) is 13.6. The van der Waals surface area contributed by atoms with Gasteiger partial charge < -0.3 is 8.99 Å². The highest BCUT2D eigenvalue weighted by Gasteiger charge is 2.39. The lowest BCUT2D eigenvalue weighted by Gasteiger charge is -2.42. The minimum atomic E-state index is -1.63. The Morgan fingerprint density at radius 1 is 1.33 bits per heavy atom. The monoisotopic (exact) mass is 270 g/mol. The van der Waals surface area contributed by atoms with Gasteiger partial charge in [-0.15, -0.1) is 0 Å². The van der Waals surface area contributed by atoms with E-state index in [1.54, 1.807) is 0 Å². The van der Waals surface area contributed by atoms with Crippen molar-refractivity contribution in [2.75, 3.05) is 19.7 Å². The lowest BCUT2D eigenvalue weighted by Crippen LogP contribution is -2.57. The molecule has 1 rings (SSSR count). The first-order valence-corrected chi connectivity index (χ1v) is 9.96. The van der Waals surface area contributed by atoms with Crippen LogP contribution in [-0.2, 0) is 4.43 Å². The summed E-state index contributed by atoms with van der Waals surface area (Å²) in [6.45, 7) is 14.2. The molecule has 4 heteroatoms. The van der Waals surface area contributed by atoms with Gasteiger partial charge in [0, 0.05) is 19.4 Å². The maximum atomic E-state index is 6.12. The molecular formula is C14H30N2OSi. The van der Waals surface area contributed by atoms with Gasteiger partial charge >= 0.3 is 0 Å². The van der Waals surface area contributed by atoms with Gasteiger partial charge in [-0.05, 0) is 45.3 Å². The minimum absolute atomic E-state index is 0.387. The molecule has 0 saturated carbocycles. The third-order valence-electron chi connectivity index (χ3n) is 3.57. The summed E-state index contributed by atoms with van der Waals surface area (Å²) in [5.74, 6) is 0.546. The second kappa shape index (κ2) is 7.41.